The first-order chi connectivity index (χ1) is 14.1. The average Bonchev–Trinajstić information content (AvgIpc) is 2.91. The fourth-order valence-corrected chi connectivity index (χ4v) is 3.28. The molecular formula is C23H18N4O2. The van der Waals surface area contributed by atoms with Gasteiger partial charge in [-0.3, -0.25) is 9.59 Å². The highest BCUT2D eigenvalue weighted by Crippen LogP contribution is 2.26. The SMILES string of the molecule is N#Cc1cccc(N2CC(=O)Nc3cc(C(=O)Nc4ccccc4)ccc3C2)c1. The quantitative estimate of drug-likeness (QED) is 0.722. The minimum absolute atomic E-state index is 0.162. The summed E-state index contributed by atoms with van der Waals surface area (Å²) in [6.45, 7) is 0.651. The van der Waals surface area contributed by atoms with Crippen molar-refractivity contribution < 1.29 is 9.59 Å². The first-order valence-corrected chi connectivity index (χ1v) is 9.17. The molecule has 0 saturated carbocycles. The third-order valence-corrected chi connectivity index (χ3v) is 4.71. The van der Waals surface area contributed by atoms with Gasteiger partial charge in [0.05, 0.1) is 18.2 Å². The molecule has 3 aromatic rings. The Hall–Kier alpha value is -4.11. The summed E-state index contributed by atoms with van der Waals surface area (Å²) in [5.74, 6) is -0.414. The summed E-state index contributed by atoms with van der Waals surface area (Å²) < 4.78 is 0. The van der Waals surface area contributed by atoms with Crippen LogP contribution in [0.2, 0.25) is 0 Å². The van der Waals surface area contributed by atoms with Gasteiger partial charge in [0, 0.05) is 29.2 Å². The predicted octanol–water partition coefficient (Wildman–Crippen LogP) is 3.77. The topological polar surface area (TPSA) is 85.2 Å². The molecule has 29 heavy (non-hydrogen) atoms. The first-order valence-electron chi connectivity index (χ1n) is 9.17. The van der Waals surface area contributed by atoms with E-state index in [2.05, 4.69) is 16.7 Å². The maximum atomic E-state index is 12.6. The van der Waals surface area contributed by atoms with Crippen LogP contribution in [0, 0.1) is 11.3 Å². The molecule has 4 rings (SSSR count). The second kappa shape index (κ2) is 7.87. The molecule has 0 radical (unpaired) electrons. The summed E-state index contributed by atoms with van der Waals surface area (Å²) >= 11 is 0. The van der Waals surface area contributed by atoms with Crippen molar-refractivity contribution >= 4 is 28.9 Å². The van der Waals surface area contributed by atoms with Gasteiger partial charge in [0.15, 0.2) is 0 Å². The van der Waals surface area contributed by atoms with Crippen LogP contribution in [0.4, 0.5) is 17.1 Å². The largest absolute Gasteiger partial charge is 0.358 e. The molecule has 1 aliphatic rings. The molecule has 0 aromatic heterocycles. The van der Waals surface area contributed by atoms with Gasteiger partial charge >= 0.3 is 0 Å². The summed E-state index contributed by atoms with van der Waals surface area (Å²) in [5, 5.41) is 14.9. The van der Waals surface area contributed by atoms with E-state index in [1.807, 2.05) is 47.4 Å². The zero-order chi connectivity index (χ0) is 20.2. The van der Waals surface area contributed by atoms with Gasteiger partial charge in [-0.1, -0.05) is 30.3 Å². The molecule has 142 valence electrons. The van der Waals surface area contributed by atoms with Crippen molar-refractivity contribution in [3.8, 4) is 6.07 Å². The summed E-state index contributed by atoms with van der Waals surface area (Å²) in [4.78, 5) is 26.9. The number of rotatable bonds is 3. The number of hydrogen-bond donors (Lipinski definition) is 2. The summed E-state index contributed by atoms with van der Waals surface area (Å²) in [6.07, 6.45) is 0. The van der Waals surface area contributed by atoms with Gasteiger partial charge in [0.1, 0.15) is 0 Å². The van der Waals surface area contributed by atoms with Gasteiger partial charge in [0.2, 0.25) is 5.91 Å². The van der Waals surface area contributed by atoms with Crippen LogP contribution in [0.15, 0.2) is 72.8 Å². The maximum Gasteiger partial charge on any atom is 0.255 e. The minimum Gasteiger partial charge on any atom is -0.358 e. The van der Waals surface area contributed by atoms with E-state index in [0.717, 1.165) is 11.3 Å². The Morgan fingerprint density at radius 2 is 1.83 bits per heavy atom. The van der Waals surface area contributed by atoms with Crippen LogP contribution in [0.1, 0.15) is 21.5 Å². The molecule has 0 fully saturated rings. The molecule has 1 heterocycles. The molecule has 0 spiro atoms. The van der Waals surface area contributed by atoms with Crippen molar-refractivity contribution in [3.63, 3.8) is 0 Å². The molecule has 0 unspecified atom stereocenters. The van der Waals surface area contributed by atoms with Gasteiger partial charge in [-0.25, -0.2) is 0 Å². The molecule has 0 saturated heterocycles. The van der Waals surface area contributed by atoms with E-state index in [-0.39, 0.29) is 18.4 Å². The van der Waals surface area contributed by atoms with Gasteiger partial charge < -0.3 is 15.5 Å². The maximum absolute atomic E-state index is 12.6. The molecule has 2 amide bonds. The van der Waals surface area contributed by atoms with Crippen LogP contribution in [-0.2, 0) is 11.3 Å². The van der Waals surface area contributed by atoms with Gasteiger partial charge in [-0.05, 0) is 48.0 Å². The first kappa shape index (κ1) is 18.3. The van der Waals surface area contributed by atoms with E-state index in [1.54, 1.807) is 30.3 Å². The normalized spacial score (nSPS) is 12.9. The monoisotopic (exact) mass is 382 g/mol. The summed E-state index contributed by atoms with van der Waals surface area (Å²) in [6, 6.07) is 23.8. The lowest BCUT2D eigenvalue weighted by atomic mass is 10.1. The van der Waals surface area contributed by atoms with E-state index >= 15 is 0 Å². The van der Waals surface area contributed by atoms with Crippen LogP contribution in [-0.4, -0.2) is 18.4 Å². The van der Waals surface area contributed by atoms with E-state index in [1.165, 1.54) is 0 Å². The molecule has 0 bridgehead atoms. The lowest BCUT2D eigenvalue weighted by molar-refractivity contribution is -0.114. The second-order valence-corrected chi connectivity index (χ2v) is 6.76. The van der Waals surface area contributed by atoms with Crippen LogP contribution in [0.25, 0.3) is 0 Å². The van der Waals surface area contributed by atoms with Gasteiger partial charge in [0.25, 0.3) is 5.91 Å². The third-order valence-electron chi connectivity index (χ3n) is 4.71. The number of carbonyl (C=O) groups is 2. The molecule has 3 aromatic carbocycles. The van der Waals surface area contributed by atoms with E-state index in [4.69, 9.17) is 5.26 Å². The number of amides is 2. The van der Waals surface area contributed by atoms with Crippen molar-refractivity contribution in [2.24, 2.45) is 0 Å². The fraction of sp³-hybridized carbons (Fsp3) is 0.0870. The van der Waals surface area contributed by atoms with Gasteiger partial charge in [-0.2, -0.15) is 5.26 Å². The fourth-order valence-electron chi connectivity index (χ4n) is 3.28. The number of benzene rings is 3. The Balaban J connectivity index is 1.59. The lowest BCUT2D eigenvalue weighted by Gasteiger charge is -2.22. The Bertz CT molecular complexity index is 1120. The number of nitrogens with zero attached hydrogens (tertiary/aromatic N) is 2. The van der Waals surface area contributed by atoms with Gasteiger partial charge in [-0.15, -0.1) is 0 Å². The zero-order valence-electron chi connectivity index (χ0n) is 15.6. The highest BCUT2D eigenvalue weighted by atomic mass is 16.2. The molecule has 6 nitrogen and oxygen atoms in total. The molecule has 0 aliphatic carbocycles. The average molecular weight is 382 g/mol. The Kier molecular flexibility index (Phi) is 4.95. The lowest BCUT2D eigenvalue weighted by Crippen LogP contribution is -2.29. The van der Waals surface area contributed by atoms with Crippen molar-refractivity contribution in [2.75, 3.05) is 22.1 Å². The molecule has 6 heteroatoms. The standard InChI is InChI=1S/C23H18N4O2/c24-13-16-5-4-8-20(11-16)27-14-18-10-9-17(12-21(18)26-22(28)15-27)23(29)25-19-6-2-1-3-7-19/h1-12H,14-15H2,(H,25,29)(H,26,28). The van der Waals surface area contributed by atoms with Crippen molar-refractivity contribution in [2.45, 2.75) is 6.54 Å². The summed E-state index contributed by atoms with van der Waals surface area (Å²) in [5.41, 5.74) is 4.04. The van der Waals surface area contributed by atoms with Crippen LogP contribution in [0.5, 0.6) is 0 Å². The highest BCUT2D eigenvalue weighted by molar-refractivity contribution is 6.06. The highest BCUT2D eigenvalue weighted by Gasteiger charge is 2.21. The number of hydrogen-bond acceptors (Lipinski definition) is 4. The number of nitrogens with one attached hydrogen (secondary N) is 2. The van der Waals surface area contributed by atoms with E-state index in [0.29, 0.717) is 29.0 Å². The van der Waals surface area contributed by atoms with Crippen molar-refractivity contribution in [1.29, 1.82) is 5.26 Å². The second-order valence-electron chi connectivity index (χ2n) is 6.76. The molecule has 1 aliphatic heterocycles. The Labute approximate surface area is 168 Å². The number of anilines is 3. The molecule has 2 N–H and O–H groups in total. The number of fused-ring (bicyclic) bond motifs is 1. The number of carbonyl (C=O) groups excluding carboxylic acids is 2. The predicted molar refractivity (Wildman–Crippen MR) is 112 cm³/mol. The molecule has 0 atom stereocenters. The van der Waals surface area contributed by atoms with Crippen LogP contribution < -0.4 is 15.5 Å². The van der Waals surface area contributed by atoms with Crippen molar-refractivity contribution in [3.05, 3.63) is 89.5 Å². The smallest absolute Gasteiger partial charge is 0.255 e. The minimum atomic E-state index is -0.240. The van der Waals surface area contributed by atoms with E-state index in [9.17, 15) is 9.59 Å². The van der Waals surface area contributed by atoms with Crippen LogP contribution >= 0.6 is 0 Å². The third kappa shape index (κ3) is 4.09. The Morgan fingerprint density at radius 1 is 1.00 bits per heavy atom. The van der Waals surface area contributed by atoms with Crippen molar-refractivity contribution in [1.82, 2.24) is 0 Å². The summed E-state index contributed by atoms with van der Waals surface area (Å²) in [7, 11) is 0. The Morgan fingerprint density at radius 3 is 2.62 bits per heavy atom. The number of para-hydroxylation sites is 1. The number of nitriles is 1. The molecular weight excluding hydrogens is 364 g/mol. The zero-order valence-corrected chi connectivity index (χ0v) is 15.6. The van der Waals surface area contributed by atoms with Crippen LogP contribution in [0.3, 0.4) is 0 Å². The van der Waals surface area contributed by atoms with E-state index < -0.39 is 0 Å².